The highest BCUT2D eigenvalue weighted by atomic mass is 16.5. The van der Waals surface area contributed by atoms with E-state index in [1.54, 1.807) is 51.7 Å². The second kappa shape index (κ2) is 11.7. The van der Waals surface area contributed by atoms with Gasteiger partial charge in [0.25, 0.3) is 0 Å². The summed E-state index contributed by atoms with van der Waals surface area (Å²) < 4.78 is 15.8. The molecule has 0 saturated heterocycles. The molecule has 0 N–H and O–H groups in total. The number of nitrogens with zero attached hydrogens (tertiary/aromatic N) is 2. The molecule has 0 fully saturated rings. The average Bonchev–Trinajstić information content (AvgIpc) is 3.46. The van der Waals surface area contributed by atoms with Gasteiger partial charge in [-0.1, -0.05) is 30.3 Å². The molecule has 5 rings (SSSR count). The fraction of sp³-hybridized carbons (Fsp3) is 0.152. The molecule has 1 atom stereocenters. The number of ketones is 1. The van der Waals surface area contributed by atoms with E-state index in [1.807, 2.05) is 66.7 Å². The molecule has 4 aromatic carbocycles. The minimum absolute atomic E-state index is 0.0334. The number of carbonyl (C=O) groups excluding carboxylic acids is 1. The van der Waals surface area contributed by atoms with Crippen LogP contribution in [0.15, 0.2) is 108 Å². The molecule has 1 unspecified atom stereocenters. The van der Waals surface area contributed by atoms with Crippen molar-refractivity contribution >= 4 is 23.3 Å². The lowest BCUT2D eigenvalue weighted by molar-refractivity contribution is 0.104. The van der Waals surface area contributed by atoms with E-state index in [1.165, 1.54) is 0 Å². The van der Waals surface area contributed by atoms with Crippen LogP contribution in [0.2, 0.25) is 0 Å². The molecule has 6 nitrogen and oxygen atoms in total. The first kappa shape index (κ1) is 25.8. The summed E-state index contributed by atoms with van der Waals surface area (Å²) in [5.74, 6) is 2.29. The summed E-state index contributed by atoms with van der Waals surface area (Å²) in [5.41, 5.74) is 5.74. The first-order valence-electron chi connectivity index (χ1n) is 12.7. The molecule has 1 heterocycles. The summed E-state index contributed by atoms with van der Waals surface area (Å²) >= 11 is 0. The van der Waals surface area contributed by atoms with Crippen molar-refractivity contribution in [3.05, 3.63) is 125 Å². The molecule has 1 aliphatic heterocycles. The Bertz CT molecular complexity index is 1470. The second-order valence-corrected chi connectivity index (χ2v) is 9.13. The van der Waals surface area contributed by atoms with Gasteiger partial charge in [0.2, 0.25) is 0 Å². The topological polar surface area (TPSA) is 60.4 Å². The number of rotatable bonds is 9. The Kier molecular flexibility index (Phi) is 7.73. The summed E-state index contributed by atoms with van der Waals surface area (Å²) in [7, 11) is 4.94. The van der Waals surface area contributed by atoms with Gasteiger partial charge < -0.3 is 14.2 Å². The van der Waals surface area contributed by atoms with Crippen molar-refractivity contribution in [2.24, 2.45) is 5.10 Å². The molecule has 6 heteroatoms. The summed E-state index contributed by atoms with van der Waals surface area (Å²) in [5, 5.41) is 7.10. The van der Waals surface area contributed by atoms with E-state index < -0.39 is 0 Å². The van der Waals surface area contributed by atoms with Crippen LogP contribution in [0.5, 0.6) is 17.2 Å². The number of anilines is 1. The lowest BCUT2D eigenvalue weighted by Crippen LogP contribution is -2.18. The van der Waals surface area contributed by atoms with Crippen LogP contribution in [0.3, 0.4) is 0 Å². The maximum Gasteiger partial charge on any atom is 0.185 e. The highest BCUT2D eigenvalue weighted by Gasteiger charge is 2.30. The van der Waals surface area contributed by atoms with Crippen molar-refractivity contribution in [1.82, 2.24) is 0 Å². The Hall–Kier alpha value is -4.84. The number of carbonyl (C=O) groups is 1. The molecule has 196 valence electrons. The number of allylic oxidation sites excluding steroid dienone is 1. The third-order valence-electron chi connectivity index (χ3n) is 6.79. The van der Waals surface area contributed by atoms with Crippen LogP contribution < -0.4 is 19.2 Å². The van der Waals surface area contributed by atoms with Crippen LogP contribution >= 0.6 is 0 Å². The summed E-state index contributed by atoms with van der Waals surface area (Å²) in [6.07, 6.45) is 4.18. The molecule has 0 spiro atoms. The summed E-state index contributed by atoms with van der Waals surface area (Å²) in [4.78, 5) is 12.6. The minimum Gasteiger partial charge on any atom is -0.497 e. The van der Waals surface area contributed by atoms with Crippen molar-refractivity contribution in [2.45, 2.75) is 12.5 Å². The third kappa shape index (κ3) is 5.85. The quantitative estimate of drug-likeness (QED) is 0.177. The van der Waals surface area contributed by atoms with E-state index in [0.717, 1.165) is 51.8 Å². The highest BCUT2D eigenvalue weighted by Crippen LogP contribution is 2.37. The Morgan fingerprint density at radius 3 is 1.85 bits per heavy atom. The summed E-state index contributed by atoms with van der Waals surface area (Å²) in [6, 6.07) is 31.3. The van der Waals surface area contributed by atoms with E-state index in [-0.39, 0.29) is 11.8 Å². The molecule has 0 bridgehead atoms. The van der Waals surface area contributed by atoms with E-state index >= 15 is 0 Å². The SMILES string of the molecule is COc1ccc(C(=O)C=Cc2ccc(N3N=C(c4ccc(OC)cc4)CC3c3ccc(OC)cc3)cc2)cc1. The molecule has 0 radical (unpaired) electrons. The van der Waals surface area contributed by atoms with Gasteiger partial charge in [-0.05, 0) is 95.6 Å². The van der Waals surface area contributed by atoms with Gasteiger partial charge in [0.1, 0.15) is 17.2 Å². The van der Waals surface area contributed by atoms with E-state index in [4.69, 9.17) is 19.3 Å². The number of hydrogen-bond donors (Lipinski definition) is 0. The summed E-state index contributed by atoms with van der Waals surface area (Å²) in [6.45, 7) is 0. The van der Waals surface area contributed by atoms with E-state index in [2.05, 4.69) is 17.1 Å². The molecule has 1 aliphatic rings. The van der Waals surface area contributed by atoms with Gasteiger partial charge >= 0.3 is 0 Å². The molecule has 4 aromatic rings. The molecule has 0 aliphatic carbocycles. The first-order valence-corrected chi connectivity index (χ1v) is 12.7. The normalized spacial score (nSPS) is 14.8. The lowest BCUT2D eigenvalue weighted by Gasteiger charge is -2.24. The largest absolute Gasteiger partial charge is 0.497 e. The van der Waals surface area contributed by atoms with Gasteiger partial charge in [-0.2, -0.15) is 5.10 Å². The van der Waals surface area contributed by atoms with Crippen LogP contribution in [-0.4, -0.2) is 32.8 Å². The van der Waals surface area contributed by atoms with Crippen molar-refractivity contribution in [3.63, 3.8) is 0 Å². The van der Waals surface area contributed by atoms with Gasteiger partial charge in [0.05, 0.1) is 38.8 Å². The number of methoxy groups -OCH3 is 3. The van der Waals surface area contributed by atoms with Crippen LogP contribution in [0.25, 0.3) is 6.08 Å². The fourth-order valence-corrected chi connectivity index (χ4v) is 4.55. The molecular formula is C33H30N2O4. The minimum atomic E-state index is -0.0606. The van der Waals surface area contributed by atoms with Crippen molar-refractivity contribution in [3.8, 4) is 17.2 Å². The Labute approximate surface area is 228 Å². The number of hydrogen-bond acceptors (Lipinski definition) is 6. The Morgan fingerprint density at radius 2 is 1.28 bits per heavy atom. The Balaban J connectivity index is 1.38. The van der Waals surface area contributed by atoms with Gasteiger partial charge in [0.15, 0.2) is 5.78 Å². The molecule has 0 amide bonds. The molecular weight excluding hydrogens is 488 g/mol. The van der Waals surface area contributed by atoms with Gasteiger partial charge in [-0.15, -0.1) is 0 Å². The van der Waals surface area contributed by atoms with Gasteiger partial charge in [0, 0.05) is 12.0 Å². The zero-order valence-corrected chi connectivity index (χ0v) is 22.2. The maximum absolute atomic E-state index is 12.6. The van der Waals surface area contributed by atoms with Gasteiger partial charge in [-0.25, -0.2) is 0 Å². The highest BCUT2D eigenvalue weighted by molar-refractivity contribution is 6.07. The van der Waals surface area contributed by atoms with Crippen molar-refractivity contribution < 1.29 is 19.0 Å². The molecule has 0 saturated carbocycles. The lowest BCUT2D eigenvalue weighted by atomic mass is 9.98. The van der Waals surface area contributed by atoms with E-state index in [0.29, 0.717) is 5.56 Å². The molecule has 39 heavy (non-hydrogen) atoms. The number of benzene rings is 4. The van der Waals surface area contributed by atoms with Crippen LogP contribution in [0.1, 0.15) is 39.5 Å². The fourth-order valence-electron chi connectivity index (χ4n) is 4.55. The monoisotopic (exact) mass is 518 g/mol. The Morgan fingerprint density at radius 1 is 0.744 bits per heavy atom. The van der Waals surface area contributed by atoms with Gasteiger partial charge in [-0.3, -0.25) is 9.80 Å². The number of hydrazone groups is 1. The standard InChI is InChI=1S/C33H30N2O4/c1-37-28-15-7-24(8-16-28)31-22-32(25-9-17-29(38-2)18-10-25)35(34-31)27-13-4-23(5-14-27)6-21-33(36)26-11-19-30(39-3)20-12-26/h4-21,32H,22H2,1-3H3. The maximum atomic E-state index is 12.6. The van der Waals surface area contributed by atoms with Crippen LogP contribution in [-0.2, 0) is 0 Å². The first-order chi connectivity index (χ1) is 19.1. The zero-order chi connectivity index (χ0) is 27.2. The smallest absolute Gasteiger partial charge is 0.185 e. The number of ether oxygens (including phenoxy) is 3. The van der Waals surface area contributed by atoms with Crippen LogP contribution in [0.4, 0.5) is 5.69 Å². The van der Waals surface area contributed by atoms with Crippen molar-refractivity contribution in [1.29, 1.82) is 0 Å². The third-order valence-corrected chi connectivity index (χ3v) is 6.79. The average molecular weight is 519 g/mol. The molecule has 0 aromatic heterocycles. The van der Waals surface area contributed by atoms with Crippen molar-refractivity contribution in [2.75, 3.05) is 26.3 Å². The predicted octanol–water partition coefficient (Wildman–Crippen LogP) is 6.96. The zero-order valence-electron chi connectivity index (χ0n) is 22.2. The van der Waals surface area contributed by atoms with E-state index in [9.17, 15) is 4.79 Å². The van der Waals surface area contributed by atoms with Crippen LogP contribution in [0, 0.1) is 0 Å². The second-order valence-electron chi connectivity index (χ2n) is 9.13. The predicted molar refractivity (Wildman–Crippen MR) is 155 cm³/mol.